The number of nitrogens with one attached hydrogen (secondary N) is 1. The molecule has 7 heteroatoms. The molecule has 2 aliphatic heterocycles. The van der Waals surface area contributed by atoms with Crippen LogP contribution in [0.1, 0.15) is 22.5 Å². The maximum atomic E-state index is 13.1. The van der Waals surface area contributed by atoms with Crippen molar-refractivity contribution >= 4 is 5.91 Å². The Hall–Kier alpha value is -2.80. The number of ether oxygens (including phenoxy) is 2. The summed E-state index contributed by atoms with van der Waals surface area (Å²) in [5.74, 6) is -0.104. The molecule has 5 rings (SSSR count). The van der Waals surface area contributed by atoms with Crippen LogP contribution in [0.25, 0.3) is 0 Å². The summed E-state index contributed by atoms with van der Waals surface area (Å²) < 4.78 is 13.0. The second-order valence-corrected chi connectivity index (χ2v) is 6.56. The highest BCUT2D eigenvalue weighted by molar-refractivity contribution is 5.97. The Bertz CT molecular complexity index is 910. The zero-order valence-electron chi connectivity index (χ0n) is 13.5. The van der Waals surface area contributed by atoms with E-state index in [0.29, 0.717) is 13.2 Å². The molecule has 3 heterocycles. The van der Waals surface area contributed by atoms with Crippen LogP contribution < -0.4 is 15.6 Å². The molecule has 3 aliphatic rings. The zero-order valence-corrected chi connectivity index (χ0v) is 13.5. The summed E-state index contributed by atoms with van der Waals surface area (Å²) in [5, 5.41) is 0. The van der Waals surface area contributed by atoms with Gasteiger partial charge in [-0.3, -0.25) is 19.7 Å². The number of hydrogen-bond donors (Lipinski definition) is 1. The molecule has 1 aromatic carbocycles. The Kier molecular flexibility index (Phi) is 2.96. The molecule has 2 aromatic rings. The van der Waals surface area contributed by atoms with E-state index in [1.54, 1.807) is 15.8 Å². The molecule has 1 aliphatic carbocycles. The molecule has 0 unspecified atom stereocenters. The minimum absolute atomic E-state index is 0.00599. The van der Waals surface area contributed by atoms with Crippen molar-refractivity contribution in [2.45, 2.75) is 24.8 Å². The van der Waals surface area contributed by atoms with Gasteiger partial charge in [0.25, 0.3) is 5.91 Å². The Morgan fingerprint density at radius 1 is 1.24 bits per heavy atom. The van der Waals surface area contributed by atoms with Crippen molar-refractivity contribution < 1.29 is 14.3 Å². The average molecular weight is 339 g/mol. The predicted octanol–water partition coefficient (Wildman–Crippen LogP) is 0.925. The van der Waals surface area contributed by atoms with E-state index < -0.39 is 5.66 Å². The van der Waals surface area contributed by atoms with Crippen molar-refractivity contribution in [2.75, 3.05) is 18.6 Å². The molecule has 25 heavy (non-hydrogen) atoms. The first-order chi connectivity index (χ1) is 12.2. The molecular formula is C18H17N3O4. The van der Waals surface area contributed by atoms with Crippen LogP contribution in [0.4, 0.5) is 0 Å². The van der Waals surface area contributed by atoms with Crippen LogP contribution >= 0.6 is 0 Å². The van der Waals surface area contributed by atoms with E-state index in [4.69, 9.17) is 9.47 Å². The van der Waals surface area contributed by atoms with Crippen molar-refractivity contribution in [3.63, 3.8) is 0 Å². The van der Waals surface area contributed by atoms with E-state index in [2.05, 4.69) is 5.43 Å². The van der Waals surface area contributed by atoms with E-state index in [-0.39, 0.29) is 35.5 Å². The lowest BCUT2D eigenvalue weighted by Gasteiger charge is -2.42. The Morgan fingerprint density at radius 3 is 2.92 bits per heavy atom. The SMILES string of the molecule is O=C1c2c(OCc3ccccc3)c(=O)ccn2N[C@@]23C[C@@H]2OCCN13. The standard InChI is InChI=1S/C18H17N3O4/c22-13-6-7-21-15(16(13)25-11-12-4-2-1-3-5-12)17(23)20-8-9-24-14-10-18(14,20)19-21/h1-7,14,19H,8-11H2/t14-,18+/m0/s1. The molecule has 2 fully saturated rings. The number of fused-ring (bicyclic) bond motifs is 1. The largest absolute Gasteiger partial charge is 0.482 e. The van der Waals surface area contributed by atoms with Gasteiger partial charge in [0, 0.05) is 25.2 Å². The highest BCUT2D eigenvalue weighted by atomic mass is 16.5. The fourth-order valence-electron chi connectivity index (χ4n) is 3.67. The summed E-state index contributed by atoms with van der Waals surface area (Å²) >= 11 is 0. The summed E-state index contributed by atoms with van der Waals surface area (Å²) in [6.45, 7) is 1.25. The summed E-state index contributed by atoms with van der Waals surface area (Å²) in [6, 6.07) is 11.0. The van der Waals surface area contributed by atoms with Crippen LogP contribution in [0.5, 0.6) is 5.75 Å². The minimum atomic E-state index is -0.478. The minimum Gasteiger partial charge on any atom is -0.482 e. The first kappa shape index (κ1) is 14.5. The number of morpholine rings is 1. The van der Waals surface area contributed by atoms with Gasteiger partial charge in [-0.25, -0.2) is 0 Å². The van der Waals surface area contributed by atoms with Gasteiger partial charge in [0.1, 0.15) is 12.7 Å². The number of amides is 1. The van der Waals surface area contributed by atoms with E-state index in [1.165, 1.54) is 6.07 Å². The third kappa shape index (κ3) is 2.09. The third-order valence-corrected chi connectivity index (χ3v) is 5.03. The molecule has 1 spiro atoms. The number of benzene rings is 1. The molecule has 1 saturated heterocycles. The van der Waals surface area contributed by atoms with Crippen LogP contribution in [-0.4, -0.2) is 40.4 Å². The van der Waals surface area contributed by atoms with Crippen molar-refractivity contribution in [3.8, 4) is 5.75 Å². The smallest absolute Gasteiger partial charge is 0.278 e. The summed E-state index contributed by atoms with van der Waals surface area (Å²) in [6.07, 6.45) is 2.34. The molecule has 0 bridgehead atoms. The maximum absolute atomic E-state index is 13.1. The van der Waals surface area contributed by atoms with Crippen molar-refractivity contribution in [2.24, 2.45) is 0 Å². The first-order valence-electron chi connectivity index (χ1n) is 8.33. The second-order valence-electron chi connectivity index (χ2n) is 6.56. The lowest BCUT2D eigenvalue weighted by molar-refractivity contribution is -0.00520. The number of carbonyl (C=O) groups excluding carboxylic acids is 1. The van der Waals surface area contributed by atoms with Gasteiger partial charge < -0.3 is 14.4 Å². The van der Waals surface area contributed by atoms with Crippen LogP contribution in [0.15, 0.2) is 47.4 Å². The van der Waals surface area contributed by atoms with Gasteiger partial charge in [0.15, 0.2) is 17.1 Å². The molecule has 2 atom stereocenters. The molecule has 1 saturated carbocycles. The van der Waals surface area contributed by atoms with Crippen molar-refractivity contribution in [3.05, 3.63) is 64.1 Å². The Balaban J connectivity index is 1.52. The van der Waals surface area contributed by atoms with Gasteiger partial charge in [-0.2, -0.15) is 0 Å². The average Bonchev–Trinajstić information content (AvgIpc) is 3.35. The van der Waals surface area contributed by atoms with Crippen LogP contribution in [0.2, 0.25) is 0 Å². The normalized spacial score (nSPS) is 26.2. The van der Waals surface area contributed by atoms with Gasteiger partial charge in [-0.15, -0.1) is 0 Å². The number of hydrogen-bond acceptors (Lipinski definition) is 5. The number of pyridine rings is 1. The van der Waals surface area contributed by atoms with Gasteiger partial charge in [-0.1, -0.05) is 30.3 Å². The highest BCUT2D eigenvalue weighted by Crippen LogP contribution is 2.48. The topological polar surface area (TPSA) is 72.8 Å². The number of rotatable bonds is 3. The van der Waals surface area contributed by atoms with Crippen molar-refractivity contribution in [1.29, 1.82) is 0 Å². The van der Waals surface area contributed by atoms with Crippen molar-refractivity contribution in [1.82, 2.24) is 9.58 Å². The lowest BCUT2D eigenvalue weighted by atomic mass is 10.2. The monoisotopic (exact) mass is 339 g/mol. The van der Waals surface area contributed by atoms with E-state index in [0.717, 1.165) is 12.0 Å². The maximum Gasteiger partial charge on any atom is 0.278 e. The number of carbonyl (C=O) groups is 1. The van der Waals surface area contributed by atoms with Gasteiger partial charge in [0.2, 0.25) is 5.43 Å². The predicted molar refractivity (Wildman–Crippen MR) is 89.0 cm³/mol. The Labute approximate surface area is 143 Å². The quantitative estimate of drug-likeness (QED) is 0.900. The molecule has 1 aromatic heterocycles. The van der Waals surface area contributed by atoms with Gasteiger partial charge >= 0.3 is 0 Å². The summed E-state index contributed by atoms with van der Waals surface area (Å²) in [5.41, 5.74) is 3.74. The summed E-state index contributed by atoms with van der Waals surface area (Å²) in [7, 11) is 0. The lowest BCUT2D eigenvalue weighted by Crippen LogP contribution is -2.61. The first-order valence-corrected chi connectivity index (χ1v) is 8.33. The molecule has 7 nitrogen and oxygen atoms in total. The van der Waals surface area contributed by atoms with Gasteiger partial charge in [0.05, 0.1) is 6.61 Å². The number of aromatic nitrogens is 1. The van der Waals surface area contributed by atoms with E-state index in [1.807, 2.05) is 30.3 Å². The zero-order chi connectivity index (χ0) is 17.0. The van der Waals surface area contributed by atoms with Crippen LogP contribution in [0.3, 0.4) is 0 Å². The number of nitrogens with zero attached hydrogens (tertiary/aromatic N) is 2. The molecule has 128 valence electrons. The second kappa shape index (κ2) is 5.10. The van der Waals surface area contributed by atoms with E-state index >= 15 is 0 Å². The fraction of sp³-hybridized carbons (Fsp3) is 0.333. The third-order valence-electron chi connectivity index (χ3n) is 5.03. The fourth-order valence-corrected chi connectivity index (χ4v) is 3.67. The molecular weight excluding hydrogens is 322 g/mol. The van der Waals surface area contributed by atoms with Crippen LogP contribution in [-0.2, 0) is 11.3 Å². The molecule has 1 amide bonds. The highest BCUT2D eigenvalue weighted by Gasteiger charge is 2.66. The van der Waals surface area contributed by atoms with Crippen LogP contribution in [0, 0.1) is 0 Å². The van der Waals surface area contributed by atoms with Gasteiger partial charge in [-0.05, 0) is 5.56 Å². The molecule has 1 N–H and O–H groups in total. The summed E-state index contributed by atoms with van der Waals surface area (Å²) in [4.78, 5) is 27.2. The molecule has 0 radical (unpaired) electrons. The van der Waals surface area contributed by atoms with E-state index in [9.17, 15) is 9.59 Å². The Morgan fingerprint density at radius 2 is 2.08 bits per heavy atom.